The maximum atomic E-state index is 13.8. The van der Waals surface area contributed by atoms with E-state index in [1.54, 1.807) is 28.8 Å². The van der Waals surface area contributed by atoms with Gasteiger partial charge in [-0.25, -0.2) is 4.39 Å². The molecule has 0 radical (unpaired) electrons. The van der Waals surface area contributed by atoms with E-state index in [0.717, 1.165) is 37.2 Å². The second-order valence-corrected chi connectivity index (χ2v) is 8.34. The lowest BCUT2D eigenvalue weighted by Crippen LogP contribution is -2.20. The molecule has 0 amide bonds. The molecule has 2 heteroatoms. The molecule has 2 aromatic rings. The molecule has 0 saturated heterocycles. The van der Waals surface area contributed by atoms with Gasteiger partial charge in [-0.15, -0.1) is 6.58 Å². The summed E-state index contributed by atoms with van der Waals surface area (Å²) in [5.74, 6) is 0.911. The van der Waals surface area contributed by atoms with Gasteiger partial charge in [0.1, 0.15) is 5.82 Å². The molecule has 0 saturated carbocycles. The van der Waals surface area contributed by atoms with E-state index in [2.05, 4.69) is 18.7 Å². The van der Waals surface area contributed by atoms with Crippen molar-refractivity contribution in [2.75, 3.05) is 0 Å². The van der Waals surface area contributed by atoms with Crippen LogP contribution in [-0.2, 0) is 25.7 Å². The monoisotopic (exact) mass is 368 g/mol. The highest BCUT2D eigenvalue weighted by molar-refractivity contribution is 6.30. The average molecular weight is 369 g/mol. The fourth-order valence-corrected chi connectivity index (χ4v) is 5.01. The number of allylic oxidation sites excluding steroid dienone is 1. The Hall–Kier alpha value is -1.60. The molecule has 0 N–H and O–H groups in total. The van der Waals surface area contributed by atoms with E-state index in [1.165, 1.54) is 31.2 Å². The van der Waals surface area contributed by atoms with Crippen LogP contribution in [0.2, 0.25) is 5.02 Å². The minimum Gasteiger partial charge on any atom is -0.205 e. The van der Waals surface area contributed by atoms with Crippen molar-refractivity contribution in [3.63, 3.8) is 0 Å². The molecular formula is C24H26ClF. The van der Waals surface area contributed by atoms with Gasteiger partial charge >= 0.3 is 0 Å². The van der Waals surface area contributed by atoms with E-state index in [4.69, 9.17) is 11.6 Å². The first kappa shape index (κ1) is 17.8. The van der Waals surface area contributed by atoms with E-state index in [9.17, 15) is 4.39 Å². The zero-order chi connectivity index (χ0) is 18.1. The van der Waals surface area contributed by atoms with Crippen LogP contribution < -0.4 is 0 Å². The Labute approximate surface area is 161 Å². The first-order valence-corrected chi connectivity index (χ1v) is 10.2. The standard InChI is InChI=1S/C24H26ClF/c1-2-3-4-16-5-10-21-19(13-16)6-7-20-14-17(8-11-22(20)21)18-9-12-23(25)24(26)15-18/h2,6-7,9,12,15-17H,1,3-5,8,10-11,13-14H2/t16-,17-/m0/s1. The van der Waals surface area contributed by atoms with Gasteiger partial charge in [0, 0.05) is 0 Å². The number of hydrogen-bond donors (Lipinski definition) is 0. The van der Waals surface area contributed by atoms with Gasteiger partial charge in [0.05, 0.1) is 5.02 Å². The molecule has 26 heavy (non-hydrogen) atoms. The van der Waals surface area contributed by atoms with Crippen molar-refractivity contribution in [3.05, 3.63) is 81.6 Å². The summed E-state index contributed by atoms with van der Waals surface area (Å²) < 4.78 is 13.8. The molecule has 0 spiro atoms. The maximum Gasteiger partial charge on any atom is 0.142 e. The third-order valence-corrected chi connectivity index (χ3v) is 6.65. The summed E-state index contributed by atoms with van der Waals surface area (Å²) in [6.45, 7) is 3.86. The predicted molar refractivity (Wildman–Crippen MR) is 108 cm³/mol. The fourth-order valence-electron chi connectivity index (χ4n) is 4.89. The van der Waals surface area contributed by atoms with Crippen LogP contribution in [0.5, 0.6) is 0 Å². The normalized spacial score (nSPS) is 21.8. The summed E-state index contributed by atoms with van der Waals surface area (Å²) in [5, 5.41) is 0.213. The smallest absolute Gasteiger partial charge is 0.142 e. The Morgan fingerprint density at radius 2 is 1.77 bits per heavy atom. The maximum absolute atomic E-state index is 13.8. The van der Waals surface area contributed by atoms with Crippen molar-refractivity contribution in [2.24, 2.45) is 5.92 Å². The molecule has 0 aromatic heterocycles. The number of rotatable bonds is 4. The molecule has 0 fully saturated rings. The largest absolute Gasteiger partial charge is 0.205 e. The summed E-state index contributed by atoms with van der Waals surface area (Å²) in [6, 6.07) is 10.0. The Morgan fingerprint density at radius 3 is 2.50 bits per heavy atom. The number of fused-ring (bicyclic) bond motifs is 3. The van der Waals surface area contributed by atoms with E-state index >= 15 is 0 Å². The Morgan fingerprint density at radius 1 is 1.04 bits per heavy atom. The Bertz CT molecular complexity index is 823. The molecule has 0 unspecified atom stereocenters. The highest BCUT2D eigenvalue weighted by atomic mass is 35.5. The van der Waals surface area contributed by atoms with Gasteiger partial charge in [-0.1, -0.05) is 35.9 Å². The summed E-state index contributed by atoms with van der Waals surface area (Å²) >= 11 is 5.84. The van der Waals surface area contributed by atoms with Gasteiger partial charge < -0.3 is 0 Å². The topological polar surface area (TPSA) is 0 Å². The van der Waals surface area contributed by atoms with Gasteiger partial charge in [-0.05, 0) is 103 Å². The second-order valence-electron chi connectivity index (χ2n) is 7.93. The van der Waals surface area contributed by atoms with Crippen molar-refractivity contribution in [3.8, 4) is 0 Å². The third-order valence-electron chi connectivity index (χ3n) is 6.34. The van der Waals surface area contributed by atoms with Crippen molar-refractivity contribution >= 4 is 11.6 Å². The molecule has 2 aliphatic rings. The van der Waals surface area contributed by atoms with Crippen LogP contribution in [0, 0.1) is 11.7 Å². The van der Waals surface area contributed by atoms with Gasteiger partial charge in [0.15, 0.2) is 0 Å². The second kappa shape index (κ2) is 7.56. The van der Waals surface area contributed by atoms with Crippen LogP contribution in [0.3, 0.4) is 0 Å². The molecule has 2 atom stereocenters. The van der Waals surface area contributed by atoms with Crippen molar-refractivity contribution < 1.29 is 4.39 Å². The molecule has 136 valence electrons. The van der Waals surface area contributed by atoms with Crippen LogP contribution in [0.25, 0.3) is 0 Å². The SMILES string of the molecule is C=CCC[C@H]1CCc2c(ccc3c2CC[C@H](c2ccc(Cl)c(F)c2)C3)C1. The summed E-state index contributed by atoms with van der Waals surface area (Å²) in [6.07, 6.45) is 11.4. The number of benzene rings is 2. The molecule has 4 rings (SSSR count). The number of hydrogen-bond acceptors (Lipinski definition) is 0. The van der Waals surface area contributed by atoms with E-state index < -0.39 is 0 Å². The summed E-state index contributed by atoms with van der Waals surface area (Å²) in [4.78, 5) is 0. The van der Waals surface area contributed by atoms with Gasteiger partial charge in [0.25, 0.3) is 0 Å². The quantitative estimate of drug-likeness (QED) is 0.519. The number of halogens is 2. The third kappa shape index (κ3) is 3.47. The average Bonchev–Trinajstić information content (AvgIpc) is 2.67. The van der Waals surface area contributed by atoms with Crippen LogP contribution in [0.4, 0.5) is 4.39 Å². The predicted octanol–water partition coefficient (Wildman–Crippen LogP) is 6.82. The minimum absolute atomic E-state index is 0.213. The molecule has 2 aliphatic carbocycles. The molecular weight excluding hydrogens is 343 g/mol. The summed E-state index contributed by atoms with van der Waals surface area (Å²) in [7, 11) is 0. The molecule has 2 aromatic carbocycles. The van der Waals surface area contributed by atoms with Gasteiger partial charge in [-0.3, -0.25) is 0 Å². The van der Waals surface area contributed by atoms with Gasteiger partial charge in [-0.2, -0.15) is 0 Å². The van der Waals surface area contributed by atoms with Crippen molar-refractivity contribution in [1.29, 1.82) is 0 Å². The Kier molecular flexibility index (Phi) is 5.18. The first-order chi connectivity index (χ1) is 12.7. The lowest BCUT2D eigenvalue weighted by Gasteiger charge is -2.32. The van der Waals surface area contributed by atoms with E-state index in [0.29, 0.717) is 5.92 Å². The lowest BCUT2D eigenvalue weighted by atomic mass is 9.73. The molecule has 0 aliphatic heterocycles. The molecule has 0 nitrogen and oxygen atoms in total. The van der Waals surface area contributed by atoms with Crippen LogP contribution >= 0.6 is 11.6 Å². The minimum atomic E-state index is -0.300. The van der Waals surface area contributed by atoms with Crippen LogP contribution in [0.15, 0.2) is 43.0 Å². The van der Waals surface area contributed by atoms with Gasteiger partial charge in [0.2, 0.25) is 0 Å². The highest BCUT2D eigenvalue weighted by Crippen LogP contribution is 2.39. The zero-order valence-electron chi connectivity index (χ0n) is 15.2. The van der Waals surface area contributed by atoms with Crippen LogP contribution in [0.1, 0.15) is 59.4 Å². The van der Waals surface area contributed by atoms with E-state index in [1.807, 2.05) is 12.1 Å². The van der Waals surface area contributed by atoms with Crippen LogP contribution in [-0.4, -0.2) is 0 Å². The van der Waals surface area contributed by atoms with E-state index in [-0.39, 0.29) is 10.8 Å². The zero-order valence-corrected chi connectivity index (χ0v) is 16.0. The lowest BCUT2D eigenvalue weighted by molar-refractivity contribution is 0.427. The van der Waals surface area contributed by atoms with Crippen molar-refractivity contribution in [1.82, 2.24) is 0 Å². The fraction of sp³-hybridized carbons (Fsp3) is 0.417. The molecule has 0 bridgehead atoms. The first-order valence-electron chi connectivity index (χ1n) is 9.84. The van der Waals surface area contributed by atoms with Crippen molar-refractivity contribution in [2.45, 2.75) is 57.3 Å². The Balaban J connectivity index is 1.54. The summed E-state index contributed by atoms with van der Waals surface area (Å²) in [5.41, 5.74) is 7.34. The highest BCUT2D eigenvalue weighted by Gasteiger charge is 2.27. The molecule has 0 heterocycles.